The van der Waals surface area contributed by atoms with Crippen molar-refractivity contribution in [2.24, 2.45) is 0 Å². The molecule has 24 heavy (non-hydrogen) atoms. The summed E-state index contributed by atoms with van der Waals surface area (Å²) >= 11 is 3.21. The molecule has 1 unspecified atom stereocenters. The second-order valence-electron chi connectivity index (χ2n) is 6.45. The quantitative estimate of drug-likeness (QED) is 0.801. The number of carbonyl (C=O) groups is 2. The molecule has 3 aliphatic rings. The number of rotatable bonds is 1. The molecule has 2 heterocycles. The van der Waals surface area contributed by atoms with Crippen LogP contribution in [-0.2, 0) is 9.59 Å². The molecule has 0 fully saturated rings. The number of hydrogen-bond acceptors (Lipinski definition) is 3. The second-order valence-corrected chi connectivity index (χ2v) is 7.31. The number of amides is 1. The van der Waals surface area contributed by atoms with E-state index in [0.29, 0.717) is 28.6 Å². The van der Waals surface area contributed by atoms with Crippen LogP contribution < -0.4 is 5.32 Å². The number of benzene rings is 1. The van der Waals surface area contributed by atoms with Gasteiger partial charge in [-0.15, -0.1) is 0 Å². The predicted octanol–water partition coefficient (Wildman–Crippen LogP) is 3.01. The van der Waals surface area contributed by atoms with E-state index in [1.54, 1.807) is 24.1 Å². The van der Waals surface area contributed by atoms with Gasteiger partial charge >= 0.3 is 0 Å². The van der Waals surface area contributed by atoms with Crippen LogP contribution in [-0.4, -0.2) is 30.2 Å². The van der Waals surface area contributed by atoms with Gasteiger partial charge in [-0.05, 0) is 46.5 Å². The molecule has 0 saturated carbocycles. The number of hydrogen-bond donors (Lipinski definition) is 1. The first-order chi connectivity index (χ1) is 11.5. The zero-order chi connectivity index (χ0) is 17.0. The Bertz CT molecular complexity index is 843. The first kappa shape index (κ1) is 15.6. The predicted molar refractivity (Wildman–Crippen MR) is 90.5 cm³/mol. The fourth-order valence-electron chi connectivity index (χ4n) is 3.81. The maximum atomic E-state index is 13.7. The monoisotopic (exact) mass is 390 g/mol. The summed E-state index contributed by atoms with van der Waals surface area (Å²) in [5.41, 5.74) is 3.83. The Labute approximate surface area is 147 Å². The summed E-state index contributed by atoms with van der Waals surface area (Å²) < 4.78 is 14.0. The Kier molecular flexibility index (Phi) is 3.60. The highest BCUT2D eigenvalue weighted by Gasteiger charge is 2.43. The van der Waals surface area contributed by atoms with Crippen LogP contribution in [0.3, 0.4) is 0 Å². The zero-order valence-electron chi connectivity index (χ0n) is 13.2. The summed E-state index contributed by atoms with van der Waals surface area (Å²) in [5.74, 6) is -0.782. The van der Waals surface area contributed by atoms with Crippen LogP contribution in [0, 0.1) is 5.82 Å². The minimum Gasteiger partial charge on any atom is -0.360 e. The molecule has 1 aromatic rings. The lowest BCUT2D eigenvalue weighted by molar-refractivity contribution is -0.124. The van der Waals surface area contributed by atoms with Crippen LogP contribution in [0.1, 0.15) is 30.7 Å². The highest BCUT2D eigenvalue weighted by atomic mass is 79.9. The molecule has 4 rings (SSSR count). The number of Topliss-reactive ketones (excluding diaryl/α,β-unsaturated/α-hetero) is 1. The van der Waals surface area contributed by atoms with Gasteiger partial charge in [-0.1, -0.05) is 6.07 Å². The van der Waals surface area contributed by atoms with Crippen molar-refractivity contribution >= 4 is 27.6 Å². The minimum atomic E-state index is -0.418. The van der Waals surface area contributed by atoms with E-state index in [9.17, 15) is 14.0 Å². The van der Waals surface area contributed by atoms with E-state index < -0.39 is 5.92 Å². The van der Waals surface area contributed by atoms with Crippen molar-refractivity contribution in [3.63, 3.8) is 0 Å². The van der Waals surface area contributed by atoms with Gasteiger partial charge in [0.1, 0.15) is 5.82 Å². The third kappa shape index (κ3) is 2.24. The summed E-state index contributed by atoms with van der Waals surface area (Å²) in [6.45, 7) is 0.512. The van der Waals surface area contributed by atoms with Crippen LogP contribution in [0.2, 0.25) is 0 Å². The SMILES string of the molecule is CN1CC2=C(C1=O)C(c1ccc(F)c(Br)c1)C1=C(CCCC1=O)N2. The average Bonchev–Trinajstić information content (AvgIpc) is 2.83. The lowest BCUT2D eigenvalue weighted by Crippen LogP contribution is -2.32. The normalized spacial score (nSPS) is 23.5. The Balaban J connectivity index is 1.91. The lowest BCUT2D eigenvalue weighted by Gasteiger charge is -2.32. The van der Waals surface area contributed by atoms with E-state index in [-0.39, 0.29) is 17.5 Å². The van der Waals surface area contributed by atoms with Crippen molar-refractivity contribution in [1.29, 1.82) is 0 Å². The van der Waals surface area contributed by atoms with Gasteiger partial charge in [-0.2, -0.15) is 0 Å². The topological polar surface area (TPSA) is 49.4 Å². The van der Waals surface area contributed by atoms with Crippen molar-refractivity contribution < 1.29 is 14.0 Å². The molecule has 1 atom stereocenters. The smallest absolute Gasteiger partial charge is 0.252 e. The van der Waals surface area contributed by atoms with E-state index in [0.717, 1.165) is 29.8 Å². The molecule has 1 aromatic carbocycles. The van der Waals surface area contributed by atoms with Gasteiger partial charge in [0.05, 0.1) is 16.6 Å². The van der Waals surface area contributed by atoms with Gasteiger partial charge in [0.2, 0.25) is 0 Å². The fraction of sp³-hybridized carbons (Fsp3) is 0.333. The van der Waals surface area contributed by atoms with Crippen molar-refractivity contribution in [3.8, 4) is 0 Å². The molecule has 4 nitrogen and oxygen atoms in total. The number of nitrogens with zero attached hydrogens (tertiary/aromatic N) is 1. The van der Waals surface area contributed by atoms with Crippen LogP contribution in [0.4, 0.5) is 4.39 Å². The summed E-state index contributed by atoms with van der Waals surface area (Å²) in [7, 11) is 1.75. The summed E-state index contributed by atoms with van der Waals surface area (Å²) in [6, 6.07) is 4.71. The van der Waals surface area contributed by atoms with Gasteiger partial charge in [0.25, 0.3) is 5.91 Å². The number of allylic oxidation sites excluding steroid dienone is 2. The summed E-state index contributed by atoms with van der Waals surface area (Å²) in [4.78, 5) is 26.9. The van der Waals surface area contributed by atoms with E-state index in [2.05, 4.69) is 21.2 Å². The zero-order valence-corrected chi connectivity index (χ0v) is 14.7. The number of nitrogens with one attached hydrogen (secondary N) is 1. The molecule has 0 bridgehead atoms. The van der Waals surface area contributed by atoms with Gasteiger partial charge in [-0.25, -0.2) is 4.39 Å². The molecule has 1 amide bonds. The third-order valence-corrected chi connectivity index (χ3v) is 5.52. The molecule has 0 aromatic heterocycles. The first-order valence-corrected chi connectivity index (χ1v) is 8.73. The number of carbonyl (C=O) groups excluding carboxylic acids is 2. The lowest BCUT2D eigenvalue weighted by atomic mass is 9.75. The Morgan fingerprint density at radius 1 is 1.21 bits per heavy atom. The van der Waals surface area contributed by atoms with Gasteiger partial charge < -0.3 is 10.2 Å². The molecule has 124 valence electrons. The standard InChI is InChI=1S/C18H16BrFN2O2/c1-22-8-13-17(18(22)24)15(9-5-6-11(20)10(19)7-9)16-12(21-13)3-2-4-14(16)23/h5-7,15,21H,2-4,8H2,1H3. The summed E-state index contributed by atoms with van der Waals surface area (Å²) in [5, 5.41) is 3.32. The highest BCUT2D eigenvalue weighted by Crippen LogP contribution is 2.45. The maximum absolute atomic E-state index is 13.7. The van der Waals surface area contributed by atoms with Crippen LogP contribution in [0.15, 0.2) is 45.2 Å². The van der Waals surface area contributed by atoms with Crippen molar-refractivity contribution in [3.05, 3.63) is 56.6 Å². The largest absolute Gasteiger partial charge is 0.360 e. The third-order valence-electron chi connectivity index (χ3n) is 4.91. The second kappa shape index (κ2) is 5.55. The average molecular weight is 391 g/mol. The fourth-order valence-corrected chi connectivity index (χ4v) is 4.21. The number of likely N-dealkylation sites (N-methyl/N-ethyl adjacent to an activating group) is 1. The molecular weight excluding hydrogens is 375 g/mol. The van der Waals surface area contributed by atoms with Gasteiger partial charge in [0.15, 0.2) is 5.78 Å². The molecular formula is C18H16BrFN2O2. The molecule has 1 N–H and O–H groups in total. The highest BCUT2D eigenvalue weighted by molar-refractivity contribution is 9.10. The first-order valence-electron chi connectivity index (χ1n) is 7.94. The van der Waals surface area contributed by atoms with E-state index >= 15 is 0 Å². The van der Waals surface area contributed by atoms with Crippen LogP contribution >= 0.6 is 15.9 Å². The Morgan fingerprint density at radius 3 is 2.75 bits per heavy atom. The van der Waals surface area contributed by atoms with Crippen molar-refractivity contribution in [2.75, 3.05) is 13.6 Å². The minimum absolute atomic E-state index is 0.0723. The van der Waals surface area contributed by atoms with Gasteiger partial charge in [-0.3, -0.25) is 9.59 Å². The maximum Gasteiger partial charge on any atom is 0.252 e. The van der Waals surface area contributed by atoms with E-state index in [4.69, 9.17) is 0 Å². The molecule has 2 aliphatic heterocycles. The van der Waals surface area contributed by atoms with Gasteiger partial charge in [0, 0.05) is 36.4 Å². The van der Waals surface area contributed by atoms with Crippen LogP contribution in [0.5, 0.6) is 0 Å². The van der Waals surface area contributed by atoms with Crippen molar-refractivity contribution in [2.45, 2.75) is 25.2 Å². The molecule has 6 heteroatoms. The van der Waals surface area contributed by atoms with Crippen molar-refractivity contribution in [1.82, 2.24) is 10.2 Å². The number of halogens is 2. The number of dihydropyridines is 1. The molecule has 0 saturated heterocycles. The van der Waals surface area contributed by atoms with E-state index in [1.165, 1.54) is 6.07 Å². The van der Waals surface area contributed by atoms with Crippen LogP contribution in [0.25, 0.3) is 0 Å². The molecule has 0 spiro atoms. The van der Waals surface area contributed by atoms with E-state index in [1.807, 2.05) is 0 Å². The number of ketones is 1. The molecule has 1 aliphatic carbocycles. The molecule has 0 radical (unpaired) electrons. The summed E-state index contributed by atoms with van der Waals surface area (Å²) in [6.07, 6.45) is 2.11. The Morgan fingerprint density at radius 2 is 2.00 bits per heavy atom. The Hall–Kier alpha value is -1.95.